The molecule has 0 heterocycles. The Balaban J connectivity index is 1.53. The van der Waals surface area contributed by atoms with Crippen LogP contribution < -0.4 is 5.43 Å². The first-order valence-electron chi connectivity index (χ1n) is 9.07. The lowest BCUT2D eigenvalue weighted by atomic mass is 9.85. The molecular weight excluding hydrogens is 352 g/mol. The van der Waals surface area contributed by atoms with Gasteiger partial charge in [0.2, 0.25) is 5.91 Å². The Bertz CT molecular complexity index is 977. The molecule has 3 aromatic carbocycles. The third-order valence-corrected chi connectivity index (χ3v) is 5.24. The summed E-state index contributed by atoms with van der Waals surface area (Å²) in [5.74, 6) is -0.783. The van der Waals surface area contributed by atoms with E-state index in [1.54, 1.807) is 6.07 Å². The van der Waals surface area contributed by atoms with Crippen molar-refractivity contribution >= 4 is 12.1 Å². The molecule has 0 aromatic heterocycles. The number of nitrogens with zero attached hydrogens (tertiary/aromatic N) is 1. The second-order valence-electron chi connectivity index (χ2n) is 6.94. The van der Waals surface area contributed by atoms with Gasteiger partial charge < -0.3 is 10.2 Å². The van der Waals surface area contributed by atoms with Crippen LogP contribution in [0.5, 0.6) is 11.5 Å². The van der Waals surface area contributed by atoms with Crippen LogP contribution in [0.25, 0.3) is 0 Å². The lowest BCUT2D eigenvalue weighted by Crippen LogP contribution is -2.25. The zero-order valence-electron chi connectivity index (χ0n) is 15.1. The van der Waals surface area contributed by atoms with Crippen LogP contribution in [0.3, 0.4) is 0 Å². The molecule has 1 unspecified atom stereocenters. The molecule has 3 N–H and O–H groups in total. The molecule has 0 radical (unpaired) electrons. The number of hydrazone groups is 1. The number of benzene rings is 3. The molecule has 0 saturated heterocycles. The number of hydrogen-bond donors (Lipinski definition) is 3. The summed E-state index contributed by atoms with van der Waals surface area (Å²) in [6, 6.07) is 24.5. The summed E-state index contributed by atoms with van der Waals surface area (Å²) >= 11 is 0. The summed E-state index contributed by atoms with van der Waals surface area (Å²) < 4.78 is 0. The van der Waals surface area contributed by atoms with Gasteiger partial charge >= 0.3 is 0 Å². The fourth-order valence-electron chi connectivity index (χ4n) is 3.72. The minimum Gasteiger partial charge on any atom is -0.504 e. The third-order valence-electron chi connectivity index (χ3n) is 5.24. The number of rotatable bonds is 5. The third kappa shape index (κ3) is 3.22. The van der Waals surface area contributed by atoms with E-state index in [1.165, 1.54) is 18.3 Å². The molecular formula is C23H20N2O3. The van der Waals surface area contributed by atoms with Gasteiger partial charge in [-0.25, -0.2) is 5.43 Å². The highest BCUT2D eigenvalue weighted by Gasteiger charge is 2.60. The first-order valence-corrected chi connectivity index (χ1v) is 9.07. The zero-order chi connectivity index (χ0) is 19.6. The van der Waals surface area contributed by atoms with Crippen molar-refractivity contribution in [3.63, 3.8) is 0 Å². The smallest absolute Gasteiger partial charge is 0.244 e. The maximum atomic E-state index is 12.8. The molecule has 1 aliphatic rings. The summed E-state index contributed by atoms with van der Waals surface area (Å²) in [7, 11) is 0. The van der Waals surface area contributed by atoms with Crippen molar-refractivity contribution in [2.45, 2.75) is 11.8 Å². The molecule has 5 heteroatoms. The van der Waals surface area contributed by atoms with Gasteiger partial charge in [-0.05, 0) is 41.3 Å². The number of carbonyl (C=O) groups is 1. The standard InChI is InChI=1S/C23H20N2O3/c26-20-12-11-16(13-21(20)27)15-24-25-22(28)19-14-23(19,17-7-3-1-4-8-17)18-9-5-2-6-10-18/h1-13,15,19,26-27H,14H2,(H,25,28). The van der Waals surface area contributed by atoms with Crippen molar-refractivity contribution in [3.05, 3.63) is 95.6 Å². The van der Waals surface area contributed by atoms with Crippen molar-refractivity contribution in [2.75, 3.05) is 0 Å². The number of hydrogen-bond acceptors (Lipinski definition) is 4. The number of phenols is 2. The SMILES string of the molecule is O=C(NN=Cc1ccc(O)c(O)c1)C1CC1(c1ccccc1)c1ccccc1. The number of carbonyl (C=O) groups excluding carboxylic acids is 1. The van der Waals surface area contributed by atoms with E-state index in [-0.39, 0.29) is 28.7 Å². The van der Waals surface area contributed by atoms with Gasteiger partial charge in [0.1, 0.15) is 0 Å². The van der Waals surface area contributed by atoms with E-state index in [0.29, 0.717) is 5.56 Å². The summed E-state index contributed by atoms with van der Waals surface area (Å²) in [6.07, 6.45) is 2.16. The monoisotopic (exact) mass is 372 g/mol. The van der Waals surface area contributed by atoms with Crippen LogP contribution in [0.2, 0.25) is 0 Å². The van der Waals surface area contributed by atoms with Gasteiger partial charge in [0, 0.05) is 5.41 Å². The van der Waals surface area contributed by atoms with Crippen LogP contribution >= 0.6 is 0 Å². The van der Waals surface area contributed by atoms with Crippen LogP contribution in [0.4, 0.5) is 0 Å². The van der Waals surface area contributed by atoms with E-state index >= 15 is 0 Å². The summed E-state index contributed by atoms with van der Waals surface area (Å²) in [5, 5.41) is 22.9. The highest BCUT2D eigenvalue weighted by Crippen LogP contribution is 2.58. The molecule has 1 amide bonds. The molecule has 3 aromatic rings. The number of nitrogens with one attached hydrogen (secondary N) is 1. The number of phenolic OH excluding ortho intramolecular Hbond substituents is 2. The average Bonchev–Trinajstić information content (AvgIpc) is 3.49. The number of amides is 1. The van der Waals surface area contributed by atoms with E-state index in [9.17, 15) is 15.0 Å². The van der Waals surface area contributed by atoms with E-state index in [1.807, 2.05) is 36.4 Å². The fourth-order valence-corrected chi connectivity index (χ4v) is 3.72. The molecule has 28 heavy (non-hydrogen) atoms. The van der Waals surface area contributed by atoms with Crippen molar-refractivity contribution < 1.29 is 15.0 Å². The van der Waals surface area contributed by atoms with Crippen molar-refractivity contribution in [1.82, 2.24) is 5.43 Å². The lowest BCUT2D eigenvalue weighted by molar-refractivity contribution is -0.122. The van der Waals surface area contributed by atoms with E-state index < -0.39 is 0 Å². The minimum absolute atomic E-state index is 0.146. The summed E-state index contributed by atoms with van der Waals surface area (Å²) in [5.41, 5.74) is 5.08. The average molecular weight is 372 g/mol. The topological polar surface area (TPSA) is 81.9 Å². The Hall–Kier alpha value is -3.60. The second-order valence-corrected chi connectivity index (χ2v) is 6.94. The highest BCUT2D eigenvalue weighted by atomic mass is 16.3. The molecule has 1 saturated carbocycles. The molecule has 0 spiro atoms. The molecule has 0 aliphatic heterocycles. The van der Waals surface area contributed by atoms with E-state index in [2.05, 4.69) is 34.8 Å². The molecule has 1 aliphatic carbocycles. The van der Waals surface area contributed by atoms with Gasteiger partial charge in [-0.1, -0.05) is 60.7 Å². The van der Waals surface area contributed by atoms with Crippen LogP contribution in [0.15, 0.2) is 84.0 Å². The maximum Gasteiger partial charge on any atom is 0.244 e. The Labute approximate surface area is 163 Å². The Morgan fingerprint density at radius 1 is 0.929 bits per heavy atom. The minimum atomic E-state index is -0.334. The maximum absolute atomic E-state index is 12.8. The predicted octanol–water partition coefficient (Wildman–Crippen LogP) is 3.55. The van der Waals surface area contributed by atoms with Gasteiger partial charge in [-0.15, -0.1) is 0 Å². The molecule has 1 fully saturated rings. The Kier molecular flexibility index (Phi) is 4.57. The quantitative estimate of drug-likeness (QED) is 0.364. The second kappa shape index (κ2) is 7.19. The zero-order valence-corrected chi connectivity index (χ0v) is 15.1. The van der Waals surface area contributed by atoms with Crippen LogP contribution in [0, 0.1) is 5.92 Å². The number of aromatic hydroxyl groups is 2. The molecule has 140 valence electrons. The van der Waals surface area contributed by atoms with Gasteiger partial charge in [0.25, 0.3) is 0 Å². The van der Waals surface area contributed by atoms with Gasteiger partial charge in [0.15, 0.2) is 11.5 Å². The van der Waals surface area contributed by atoms with Gasteiger partial charge in [-0.3, -0.25) is 4.79 Å². The summed E-state index contributed by atoms with van der Waals surface area (Å²) in [4.78, 5) is 12.8. The largest absolute Gasteiger partial charge is 0.504 e. The molecule has 5 nitrogen and oxygen atoms in total. The van der Waals surface area contributed by atoms with Gasteiger partial charge in [-0.2, -0.15) is 5.10 Å². The summed E-state index contributed by atoms with van der Waals surface area (Å²) in [6.45, 7) is 0. The molecule has 0 bridgehead atoms. The van der Waals surface area contributed by atoms with E-state index in [4.69, 9.17) is 0 Å². The van der Waals surface area contributed by atoms with Crippen molar-refractivity contribution in [1.29, 1.82) is 0 Å². The lowest BCUT2D eigenvalue weighted by Gasteiger charge is -2.18. The van der Waals surface area contributed by atoms with Crippen LogP contribution in [0.1, 0.15) is 23.1 Å². The van der Waals surface area contributed by atoms with Crippen molar-refractivity contribution in [3.8, 4) is 11.5 Å². The fraction of sp³-hybridized carbons (Fsp3) is 0.130. The normalized spacial score (nSPS) is 17.4. The highest BCUT2D eigenvalue weighted by molar-refractivity contribution is 5.88. The van der Waals surface area contributed by atoms with E-state index in [0.717, 1.165) is 17.5 Å². The van der Waals surface area contributed by atoms with Gasteiger partial charge in [0.05, 0.1) is 12.1 Å². The first kappa shape index (κ1) is 17.8. The van der Waals surface area contributed by atoms with Crippen molar-refractivity contribution in [2.24, 2.45) is 11.0 Å². The molecule has 4 rings (SSSR count). The first-order chi connectivity index (χ1) is 13.6. The van der Waals surface area contributed by atoms with Crippen LogP contribution in [-0.4, -0.2) is 22.3 Å². The predicted molar refractivity (Wildman–Crippen MR) is 107 cm³/mol. The molecule has 1 atom stereocenters. The van der Waals surface area contributed by atoms with Crippen LogP contribution in [-0.2, 0) is 10.2 Å². The Morgan fingerprint density at radius 3 is 2.11 bits per heavy atom. The Morgan fingerprint density at radius 2 is 1.54 bits per heavy atom.